The smallest absolute Gasteiger partial charge is 0.410 e. The molecule has 0 aliphatic rings. The molecular formula is C23H44ClNO4. The van der Waals surface area contributed by atoms with Crippen LogP contribution in [0.3, 0.4) is 0 Å². The molecule has 0 saturated heterocycles. The molecule has 172 valence electrons. The molecule has 0 radical (unpaired) electrons. The number of esters is 1. The third kappa shape index (κ3) is 14.6. The highest BCUT2D eigenvalue weighted by molar-refractivity contribution is 6.18. The number of rotatable bonds is 18. The van der Waals surface area contributed by atoms with Gasteiger partial charge < -0.3 is 9.47 Å². The van der Waals surface area contributed by atoms with E-state index in [4.69, 9.17) is 21.1 Å². The summed E-state index contributed by atoms with van der Waals surface area (Å²) >= 11 is 5.54. The molecule has 29 heavy (non-hydrogen) atoms. The average molecular weight is 434 g/mol. The third-order valence-corrected chi connectivity index (χ3v) is 5.28. The first kappa shape index (κ1) is 28.0. The normalized spacial score (nSPS) is 12.1. The molecule has 0 aromatic rings. The Labute approximate surface area is 183 Å². The fraction of sp³-hybridized carbons (Fsp3) is 0.913. The molecule has 1 amide bonds. The predicted molar refractivity (Wildman–Crippen MR) is 120 cm³/mol. The molecule has 6 heteroatoms. The van der Waals surface area contributed by atoms with Gasteiger partial charge in [0.1, 0.15) is 12.6 Å². The van der Waals surface area contributed by atoms with Gasteiger partial charge in [-0.15, -0.1) is 11.6 Å². The van der Waals surface area contributed by atoms with Crippen molar-refractivity contribution in [2.24, 2.45) is 5.92 Å². The Morgan fingerprint density at radius 1 is 0.793 bits per heavy atom. The van der Waals surface area contributed by atoms with E-state index in [-0.39, 0.29) is 24.4 Å². The summed E-state index contributed by atoms with van der Waals surface area (Å²) in [5.41, 5.74) is 0. The van der Waals surface area contributed by atoms with Crippen molar-refractivity contribution in [1.82, 2.24) is 4.90 Å². The number of carbonyl (C=O) groups excluding carboxylic acids is 2. The highest BCUT2D eigenvalue weighted by atomic mass is 35.5. The third-order valence-electron chi connectivity index (χ3n) is 5.12. The van der Waals surface area contributed by atoms with Gasteiger partial charge in [0.2, 0.25) is 0 Å². The van der Waals surface area contributed by atoms with Crippen LogP contribution >= 0.6 is 11.6 Å². The molecule has 0 bridgehead atoms. The van der Waals surface area contributed by atoms with Crippen LogP contribution < -0.4 is 0 Å². The average Bonchev–Trinajstić information content (AvgIpc) is 2.69. The molecule has 1 unspecified atom stereocenters. The van der Waals surface area contributed by atoms with E-state index in [1.165, 1.54) is 69.1 Å². The number of ether oxygens (including phenoxy) is 2. The van der Waals surface area contributed by atoms with Crippen molar-refractivity contribution in [2.45, 2.75) is 104 Å². The summed E-state index contributed by atoms with van der Waals surface area (Å²) in [5.74, 6) is -0.193. The first-order chi connectivity index (χ1) is 14.0. The summed E-state index contributed by atoms with van der Waals surface area (Å²) in [5, 5.41) is 0. The Hall–Kier alpha value is -0.970. The quantitative estimate of drug-likeness (QED) is 0.139. The van der Waals surface area contributed by atoms with E-state index in [2.05, 4.69) is 6.92 Å². The minimum absolute atomic E-state index is 0.0574. The first-order valence-corrected chi connectivity index (χ1v) is 12.1. The van der Waals surface area contributed by atoms with Crippen molar-refractivity contribution in [3.63, 3.8) is 0 Å². The largest absolute Gasteiger partial charge is 0.464 e. The van der Waals surface area contributed by atoms with Crippen LogP contribution in [-0.2, 0) is 14.3 Å². The van der Waals surface area contributed by atoms with Gasteiger partial charge in [-0.2, -0.15) is 0 Å². The van der Waals surface area contributed by atoms with E-state index in [1.54, 1.807) is 7.05 Å². The van der Waals surface area contributed by atoms with E-state index >= 15 is 0 Å². The number of carbonyl (C=O) groups is 2. The van der Waals surface area contributed by atoms with E-state index in [9.17, 15) is 9.59 Å². The molecule has 0 aromatic heterocycles. The van der Waals surface area contributed by atoms with Crippen molar-refractivity contribution in [1.29, 1.82) is 0 Å². The van der Waals surface area contributed by atoms with Crippen molar-refractivity contribution >= 4 is 23.7 Å². The maximum atomic E-state index is 12.4. The number of alkyl halides is 1. The van der Waals surface area contributed by atoms with Gasteiger partial charge in [0.15, 0.2) is 0 Å². The Kier molecular flexibility index (Phi) is 18.4. The topological polar surface area (TPSA) is 55.8 Å². The van der Waals surface area contributed by atoms with Crippen molar-refractivity contribution in [3.8, 4) is 0 Å². The molecule has 5 nitrogen and oxygen atoms in total. The van der Waals surface area contributed by atoms with Crippen LogP contribution in [0.15, 0.2) is 0 Å². The molecule has 0 N–H and O–H groups in total. The zero-order valence-corrected chi connectivity index (χ0v) is 20.0. The van der Waals surface area contributed by atoms with Crippen molar-refractivity contribution in [3.05, 3.63) is 0 Å². The SMILES string of the molecule is CCCCCCCCCCCCCCOC(=O)C(C(C)C)N(C)C(=O)OCCCl. The van der Waals surface area contributed by atoms with Crippen LogP contribution in [0, 0.1) is 5.92 Å². The summed E-state index contributed by atoms with van der Waals surface area (Å²) in [6.07, 6.45) is 14.7. The molecule has 1 atom stereocenters. The summed E-state index contributed by atoms with van der Waals surface area (Å²) < 4.78 is 10.4. The lowest BCUT2D eigenvalue weighted by molar-refractivity contribution is -0.150. The van der Waals surface area contributed by atoms with Gasteiger partial charge in [-0.25, -0.2) is 9.59 Å². The number of nitrogens with zero attached hydrogens (tertiary/aromatic N) is 1. The van der Waals surface area contributed by atoms with Gasteiger partial charge in [-0.1, -0.05) is 91.4 Å². The maximum absolute atomic E-state index is 12.4. The number of likely N-dealkylation sites (N-methyl/N-ethyl adjacent to an activating group) is 1. The van der Waals surface area contributed by atoms with Gasteiger partial charge in [0.25, 0.3) is 0 Å². The van der Waals surface area contributed by atoms with E-state index in [0.29, 0.717) is 6.61 Å². The molecule has 0 aromatic carbocycles. The van der Waals surface area contributed by atoms with Crippen LogP contribution in [0.5, 0.6) is 0 Å². The lowest BCUT2D eigenvalue weighted by Gasteiger charge is -2.28. The summed E-state index contributed by atoms with van der Waals surface area (Å²) in [7, 11) is 1.56. The van der Waals surface area contributed by atoms with Crippen LogP contribution in [0.4, 0.5) is 4.79 Å². The van der Waals surface area contributed by atoms with Gasteiger partial charge in [0, 0.05) is 7.05 Å². The molecule has 0 aliphatic carbocycles. The Morgan fingerprint density at radius 3 is 1.72 bits per heavy atom. The van der Waals surface area contributed by atoms with Gasteiger partial charge in [-0.3, -0.25) is 4.90 Å². The maximum Gasteiger partial charge on any atom is 0.410 e. The van der Waals surface area contributed by atoms with Crippen LogP contribution in [0.1, 0.15) is 97.8 Å². The van der Waals surface area contributed by atoms with Crippen molar-refractivity contribution < 1.29 is 19.1 Å². The zero-order chi connectivity index (χ0) is 21.9. The van der Waals surface area contributed by atoms with E-state index in [1.807, 2.05) is 13.8 Å². The summed E-state index contributed by atoms with van der Waals surface area (Å²) in [6, 6.07) is -0.643. The Morgan fingerprint density at radius 2 is 1.28 bits per heavy atom. The zero-order valence-electron chi connectivity index (χ0n) is 19.2. The van der Waals surface area contributed by atoms with E-state index in [0.717, 1.165) is 12.8 Å². The summed E-state index contributed by atoms with van der Waals surface area (Å²) in [6.45, 7) is 6.57. The minimum Gasteiger partial charge on any atom is -0.464 e. The molecule has 0 rings (SSSR count). The van der Waals surface area contributed by atoms with Gasteiger partial charge >= 0.3 is 12.1 Å². The minimum atomic E-state index is -0.643. The lowest BCUT2D eigenvalue weighted by atomic mass is 10.0. The second-order valence-corrected chi connectivity index (χ2v) is 8.54. The standard InChI is InChI=1S/C23H44ClNO4/c1-5-6-7-8-9-10-11-12-13-14-15-16-18-28-22(26)21(20(2)3)25(4)23(27)29-19-17-24/h20-21H,5-19H2,1-4H3. The highest BCUT2D eigenvalue weighted by Gasteiger charge is 2.32. The van der Waals surface area contributed by atoms with Crippen molar-refractivity contribution in [2.75, 3.05) is 26.1 Å². The van der Waals surface area contributed by atoms with Crippen LogP contribution in [0.25, 0.3) is 0 Å². The number of halogens is 1. The molecule has 0 heterocycles. The lowest BCUT2D eigenvalue weighted by Crippen LogP contribution is -2.47. The Bertz CT molecular complexity index is 418. The first-order valence-electron chi connectivity index (χ1n) is 11.6. The second-order valence-electron chi connectivity index (χ2n) is 8.16. The fourth-order valence-electron chi connectivity index (χ4n) is 3.42. The summed E-state index contributed by atoms with van der Waals surface area (Å²) in [4.78, 5) is 25.7. The second kappa shape index (κ2) is 19.0. The van der Waals surface area contributed by atoms with Gasteiger partial charge in [-0.05, 0) is 12.3 Å². The number of hydrogen-bond donors (Lipinski definition) is 0. The van der Waals surface area contributed by atoms with Crippen LogP contribution in [-0.4, -0.2) is 49.1 Å². The molecule has 0 spiro atoms. The monoisotopic (exact) mass is 433 g/mol. The number of unbranched alkanes of at least 4 members (excludes halogenated alkanes) is 11. The number of hydrogen-bond acceptors (Lipinski definition) is 4. The Balaban J connectivity index is 3.82. The van der Waals surface area contributed by atoms with E-state index < -0.39 is 12.1 Å². The number of amides is 1. The fourth-order valence-corrected chi connectivity index (χ4v) is 3.50. The highest BCUT2D eigenvalue weighted by Crippen LogP contribution is 2.14. The molecule has 0 aliphatic heterocycles. The molecule has 0 saturated carbocycles. The predicted octanol–water partition coefficient (Wildman–Crippen LogP) is 6.56. The molecule has 0 fully saturated rings. The van der Waals surface area contributed by atoms with Gasteiger partial charge in [0.05, 0.1) is 12.5 Å². The van der Waals surface area contributed by atoms with Crippen LogP contribution in [0.2, 0.25) is 0 Å². The molecular weight excluding hydrogens is 390 g/mol.